The molecule has 0 radical (unpaired) electrons. The van der Waals surface area contributed by atoms with Crippen molar-refractivity contribution in [3.8, 4) is 0 Å². The van der Waals surface area contributed by atoms with Gasteiger partial charge in [-0.15, -0.1) is 0 Å². The number of anilines is 2. The van der Waals surface area contributed by atoms with Crippen LogP contribution >= 0.6 is 0 Å². The number of carbonyl (C=O) groups is 2. The van der Waals surface area contributed by atoms with Crippen LogP contribution in [0.4, 0.5) is 11.6 Å². The molecule has 1 aromatic heterocycles. The van der Waals surface area contributed by atoms with E-state index in [2.05, 4.69) is 10.00 Å². The molecule has 2 heterocycles. The highest BCUT2D eigenvalue weighted by Crippen LogP contribution is 2.27. The van der Waals surface area contributed by atoms with E-state index in [0.29, 0.717) is 18.9 Å². The summed E-state index contributed by atoms with van der Waals surface area (Å²) in [6, 6.07) is 0. The first-order valence-electron chi connectivity index (χ1n) is 6.54. The number of carboxylic acids is 1. The van der Waals surface area contributed by atoms with Gasteiger partial charge in [-0.2, -0.15) is 5.10 Å². The van der Waals surface area contributed by atoms with Crippen molar-refractivity contribution in [2.24, 2.45) is 0 Å². The molecule has 1 aliphatic rings. The first-order valence-corrected chi connectivity index (χ1v) is 6.54. The number of methoxy groups -OCH3 is 1. The summed E-state index contributed by atoms with van der Waals surface area (Å²) in [4.78, 5) is 26.8. The van der Waals surface area contributed by atoms with Crippen LogP contribution in [-0.2, 0) is 16.1 Å². The average molecular weight is 297 g/mol. The molecule has 1 saturated heterocycles. The Morgan fingerprint density at radius 1 is 1.33 bits per heavy atom. The standard InChI is InChI=1S/C12H19N5O4/c1-15-3-5-16(6-4-15)11-9(12(20)21-2)10(13)17(14-11)7-8(18)19/h3-7,13H2,1-2H3,(H,18,19). The number of likely N-dealkylation sites (N-methyl/N-ethyl adjacent to an activating group) is 1. The van der Waals surface area contributed by atoms with Crippen molar-refractivity contribution in [1.82, 2.24) is 14.7 Å². The number of hydrogen-bond donors (Lipinski definition) is 2. The largest absolute Gasteiger partial charge is 0.480 e. The molecule has 0 aliphatic carbocycles. The minimum atomic E-state index is -1.08. The minimum absolute atomic E-state index is 0.0122. The molecular weight excluding hydrogens is 278 g/mol. The summed E-state index contributed by atoms with van der Waals surface area (Å²) in [7, 11) is 3.26. The number of hydrogen-bond acceptors (Lipinski definition) is 7. The molecule has 0 amide bonds. The summed E-state index contributed by atoms with van der Waals surface area (Å²) in [6.07, 6.45) is 0. The highest BCUT2D eigenvalue weighted by atomic mass is 16.5. The molecule has 21 heavy (non-hydrogen) atoms. The number of piperazine rings is 1. The highest BCUT2D eigenvalue weighted by molar-refractivity contribution is 6.00. The smallest absolute Gasteiger partial charge is 0.345 e. The van der Waals surface area contributed by atoms with Crippen LogP contribution < -0.4 is 10.6 Å². The van der Waals surface area contributed by atoms with Crippen molar-refractivity contribution in [3.05, 3.63) is 5.56 Å². The molecule has 0 bridgehead atoms. The predicted octanol–water partition coefficient (Wildman–Crippen LogP) is -0.912. The number of carbonyl (C=O) groups excluding carboxylic acids is 1. The second-order valence-electron chi connectivity index (χ2n) is 4.92. The monoisotopic (exact) mass is 297 g/mol. The van der Waals surface area contributed by atoms with Crippen molar-refractivity contribution in [3.63, 3.8) is 0 Å². The zero-order chi connectivity index (χ0) is 15.6. The van der Waals surface area contributed by atoms with E-state index in [4.69, 9.17) is 15.6 Å². The van der Waals surface area contributed by atoms with Gasteiger partial charge in [-0.1, -0.05) is 0 Å². The van der Waals surface area contributed by atoms with Gasteiger partial charge in [0.1, 0.15) is 17.9 Å². The van der Waals surface area contributed by atoms with Crippen LogP contribution in [0.3, 0.4) is 0 Å². The van der Waals surface area contributed by atoms with Crippen LogP contribution in [0.1, 0.15) is 10.4 Å². The Bertz CT molecular complexity index is 548. The van der Waals surface area contributed by atoms with Gasteiger partial charge in [-0.25, -0.2) is 9.48 Å². The second kappa shape index (κ2) is 6.00. The Labute approximate surface area is 121 Å². The fourth-order valence-corrected chi connectivity index (χ4v) is 2.25. The third-order valence-corrected chi connectivity index (χ3v) is 3.45. The summed E-state index contributed by atoms with van der Waals surface area (Å²) < 4.78 is 5.84. The molecule has 9 heteroatoms. The lowest BCUT2D eigenvalue weighted by atomic mass is 10.2. The van der Waals surface area contributed by atoms with Crippen molar-refractivity contribution >= 4 is 23.6 Å². The molecular formula is C12H19N5O4. The zero-order valence-corrected chi connectivity index (χ0v) is 12.1. The Morgan fingerprint density at radius 3 is 2.48 bits per heavy atom. The Kier molecular flexibility index (Phi) is 4.32. The lowest BCUT2D eigenvalue weighted by Crippen LogP contribution is -2.45. The SMILES string of the molecule is COC(=O)c1c(N2CCN(C)CC2)nn(CC(=O)O)c1N. The third kappa shape index (κ3) is 3.07. The summed E-state index contributed by atoms with van der Waals surface area (Å²) in [5.41, 5.74) is 5.99. The van der Waals surface area contributed by atoms with E-state index < -0.39 is 18.5 Å². The van der Waals surface area contributed by atoms with Crippen LogP contribution in [-0.4, -0.2) is 72.1 Å². The fourth-order valence-electron chi connectivity index (χ4n) is 2.25. The number of rotatable bonds is 4. The quantitative estimate of drug-likeness (QED) is 0.686. The van der Waals surface area contributed by atoms with Crippen LogP contribution in [0.15, 0.2) is 0 Å². The van der Waals surface area contributed by atoms with Crippen molar-refractivity contribution < 1.29 is 19.4 Å². The first-order chi connectivity index (χ1) is 9.93. The van der Waals surface area contributed by atoms with Gasteiger partial charge in [0.05, 0.1) is 7.11 Å². The van der Waals surface area contributed by atoms with Crippen molar-refractivity contribution in [2.75, 3.05) is 51.0 Å². The van der Waals surface area contributed by atoms with E-state index in [1.54, 1.807) is 0 Å². The molecule has 0 unspecified atom stereocenters. The highest BCUT2D eigenvalue weighted by Gasteiger charge is 2.28. The van der Waals surface area contributed by atoms with Gasteiger partial charge in [0.15, 0.2) is 5.82 Å². The van der Waals surface area contributed by atoms with Gasteiger partial charge in [-0.05, 0) is 7.05 Å². The molecule has 9 nitrogen and oxygen atoms in total. The summed E-state index contributed by atoms with van der Waals surface area (Å²) >= 11 is 0. The van der Waals surface area contributed by atoms with Gasteiger partial charge in [-0.3, -0.25) is 4.79 Å². The Balaban J connectivity index is 2.38. The number of nitrogens with zero attached hydrogens (tertiary/aromatic N) is 4. The third-order valence-electron chi connectivity index (χ3n) is 3.45. The van der Waals surface area contributed by atoms with Gasteiger partial charge < -0.3 is 25.4 Å². The minimum Gasteiger partial charge on any atom is -0.480 e. The summed E-state index contributed by atoms with van der Waals surface area (Å²) in [5.74, 6) is -1.30. The number of nitrogen functional groups attached to an aromatic ring is 1. The van der Waals surface area contributed by atoms with E-state index in [1.807, 2.05) is 11.9 Å². The summed E-state index contributed by atoms with van der Waals surface area (Å²) in [5, 5.41) is 13.1. The van der Waals surface area contributed by atoms with E-state index in [1.165, 1.54) is 7.11 Å². The second-order valence-corrected chi connectivity index (χ2v) is 4.92. The van der Waals surface area contributed by atoms with Gasteiger partial charge >= 0.3 is 11.9 Å². The molecule has 1 aromatic rings. The number of carboxylic acid groups (broad SMARTS) is 1. The maximum Gasteiger partial charge on any atom is 0.345 e. The normalized spacial score (nSPS) is 16.0. The van der Waals surface area contributed by atoms with Gasteiger partial charge in [0, 0.05) is 26.2 Å². The Morgan fingerprint density at radius 2 is 1.95 bits per heavy atom. The number of aliphatic carboxylic acids is 1. The molecule has 0 spiro atoms. The molecule has 1 fully saturated rings. The number of aromatic nitrogens is 2. The first kappa shape index (κ1) is 15.1. The summed E-state index contributed by atoms with van der Waals surface area (Å²) in [6.45, 7) is 2.62. The van der Waals surface area contributed by atoms with Gasteiger partial charge in [0.2, 0.25) is 0 Å². The van der Waals surface area contributed by atoms with Crippen molar-refractivity contribution in [1.29, 1.82) is 0 Å². The topological polar surface area (TPSA) is 114 Å². The molecule has 3 N–H and O–H groups in total. The Hall–Kier alpha value is -2.29. The predicted molar refractivity (Wildman–Crippen MR) is 75.3 cm³/mol. The number of nitrogens with two attached hydrogens (primary N) is 1. The van der Waals surface area contributed by atoms with Gasteiger partial charge in [0.25, 0.3) is 0 Å². The van der Waals surface area contributed by atoms with Crippen LogP contribution in [0.2, 0.25) is 0 Å². The fraction of sp³-hybridized carbons (Fsp3) is 0.583. The van der Waals surface area contributed by atoms with Crippen LogP contribution in [0.5, 0.6) is 0 Å². The number of esters is 1. The van der Waals surface area contributed by atoms with E-state index in [9.17, 15) is 9.59 Å². The van der Waals surface area contributed by atoms with Crippen LogP contribution in [0.25, 0.3) is 0 Å². The number of ether oxygens (including phenoxy) is 1. The average Bonchev–Trinajstić information content (AvgIpc) is 2.75. The van der Waals surface area contributed by atoms with E-state index in [0.717, 1.165) is 17.8 Å². The molecule has 116 valence electrons. The molecule has 0 saturated carbocycles. The van der Waals surface area contributed by atoms with E-state index >= 15 is 0 Å². The maximum absolute atomic E-state index is 11.9. The lowest BCUT2D eigenvalue weighted by molar-refractivity contribution is -0.137. The van der Waals surface area contributed by atoms with Crippen molar-refractivity contribution in [2.45, 2.75) is 6.54 Å². The molecule has 0 aromatic carbocycles. The lowest BCUT2D eigenvalue weighted by Gasteiger charge is -2.32. The zero-order valence-electron chi connectivity index (χ0n) is 12.1. The molecule has 1 aliphatic heterocycles. The van der Waals surface area contributed by atoms with E-state index in [-0.39, 0.29) is 11.4 Å². The molecule has 2 rings (SSSR count). The van der Waals surface area contributed by atoms with Crippen LogP contribution in [0, 0.1) is 0 Å². The molecule has 0 atom stereocenters. The maximum atomic E-state index is 11.9.